The molecule has 4 nitrogen and oxygen atoms in total. The normalized spacial score (nSPS) is 12.5. The molecule has 0 fully saturated rings. The molecule has 0 aliphatic carbocycles. The molecule has 19 heavy (non-hydrogen) atoms. The molecule has 2 rings (SSSR count). The summed E-state index contributed by atoms with van der Waals surface area (Å²) in [6, 6.07) is 5.82. The number of nitrogens with two attached hydrogens (primary N) is 1. The molecule has 0 spiro atoms. The lowest BCUT2D eigenvalue weighted by Crippen LogP contribution is -2.07. The summed E-state index contributed by atoms with van der Waals surface area (Å²) < 4.78 is 0.897. The van der Waals surface area contributed by atoms with Crippen molar-refractivity contribution in [1.29, 1.82) is 0 Å². The molecule has 1 unspecified atom stereocenters. The highest BCUT2D eigenvalue weighted by molar-refractivity contribution is 8.01. The van der Waals surface area contributed by atoms with Gasteiger partial charge in [-0.1, -0.05) is 40.8 Å². The maximum absolute atomic E-state index is 6.21. The summed E-state index contributed by atoms with van der Waals surface area (Å²) in [5.74, 6) is 0. The van der Waals surface area contributed by atoms with E-state index < -0.39 is 0 Å². The summed E-state index contributed by atoms with van der Waals surface area (Å²) in [6.07, 6.45) is 0. The molecule has 2 N–H and O–H groups in total. The molecule has 0 amide bonds. The Morgan fingerprint density at radius 1 is 1.37 bits per heavy atom. The fourth-order valence-electron chi connectivity index (χ4n) is 1.47. The average molecular weight is 315 g/mol. The molecule has 1 aromatic carbocycles. The first-order valence-electron chi connectivity index (χ1n) is 5.71. The quantitative estimate of drug-likeness (QED) is 0.937. The van der Waals surface area contributed by atoms with Crippen LogP contribution >= 0.6 is 34.7 Å². The van der Waals surface area contributed by atoms with Crippen LogP contribution in [0, 0.1) is 0 Å². The SMILES string of the molecule is CC(N)c1ccc(Sc2nnc(N(C)C)s2)cc1Cl. The summed E-state index contributed by atoms with van der Waals surface area (Å²) in [6.45, 7) is 1.92. The molecule has 1 aromatic heterocycles. The van der Waals surface area contributed by atoms with Crippen LogP contribution in [0.4, 0.5) is 5.13 Å². The second-order valence-electron chi connectivity index (χ2n) is 4.32. The number of aromatic nitrogens is 2. The summed E-state index contributed by atoms with van der Waals surface area (Å²) in [5.41, 5.74) is 6.79. The molecule has 1 atom stereocenters. The zero-order chi connectivity index (χ0) is 14.0. The Hall–Kier alpha value is -0.820. The van der Waals surface area contributed by atoms with Crippen molar-refractivity contribution in [2.24, 2.45) is 5.73 Å². The summed E-state index contributed by atoms with van der Waals surface area (Å²) >= 11 is 9.32. The van der Waals surface area contributed by atoms with Gasteiger partial charge in [0.15, 0.2) is 4.34 Å². The third-order valence-electron chi connectivity index (χ3n) is 2.45. The van der Waals surface area contributed by atoms with Gasteiger partial charge in [-0.25, -0.2) is 0 Å². The third kappa shape index (κ3) is 3.60. The van der Waals surface area contributed by atoms with Crippen LogP contribution in [0.5, 0.6) is 0 Å². The number of halogens is 1. The van der Waals surface area contributed by atoms with Gasteiger partial charge in [-0.3, -0.25) is 0 Å². The largest absolute Gasteiger partial charge is 0.353 e. The first-order valence-corrected chi connectivity index (χ1v) is 7.72. The molecule has 0 bridgehead atoms. The Kier molecular flexibility index (Phi) is 4.67. The van der Waals surface area contributed by atoms with Crippen molar-refractivity contribution in [3.05, 3.63) is 28.8 Å². The molecule has 2 aromatic rings. The zero-order valence-corrected chi connectivity index (χ0v) is 13.3. The van der Waals surface area contributed by atoms with Gasteiger partial charge in [-0.15, -0.1) is 10.2 Å². The fraction of sp³-hybridized carbons (Fsp3) is 0.333. The number of anilines is 1. The highest BCUT2D eigenvalue weighted by Crippen LogP contribution is 2.35. The topological polar surface area (TPSA) is 55.0 Å². The average Bonchev–Trinajstić information content (AvgIpc) is 2.77. The highest BCUT2D eigenvalue weighted by Gasteiger charge is 2.10. The van der Waals surface area contributed by atoms with Crippen LogP contribution in [0.15, 0.2) is 27.4 Å². The maximum Gasteiger partial charge on any atom is 0.208 e. The Bertz CT molecular complexity index is 569. The summed E-state index contributed by atoms with van der Waals surface area (Å²) in [7, 11) is 3.90. The van der Waals surface area contributed by atoms with Crippen molar-refractivity contribution < 1.29 is 0 Å². The van der Waals surface area contributed by atoms with Crippen LogP contribution in [0.3, 0.4) is 0 Å². The molecule has 102 valence electrons. The van der Waals surface area contributed by atoms with Crippen LogP contribution in [0.1, 0.15) is 18.5 Å². The number of hydrogen-bond donors (Lipinski definition) is 1. The van der Waals surface area contributed by atoms with Crippen molar-refractivity contribution in [3.63, 3.8) is 0 Å². The van der Waals surface area contributed by atoms with Gasteiger partial charge in [-0.2, -0.15) is 0 Å². The number of hydrogen-bond acceptors (Lipinski definition) is 6. The summed E-state index contributed by atoms with van der Waals surface area (Å²) in [4.78, 5) is 2.98. The summed E-state index contributed by atoms with van der Waals surface area (Å²) in [5, 5.41) is 9.82. The van der Waals surface area contributed by atoms with Crippen molar-refractivity contribution in [3.8, 4) is 0 Å². The van der Waals surface area contributed by atoms with E-state index in [4.69, 9.17) is 17.3 Å². The Morgan fingerprint density at radius 3 is 2.63 bits per heavy atom. The molecular weight excluding hydrogens is 300 g/mol. The van der Waals surface area contributed by atoms with E-state index in [0.29, 0.717) is 5.02 Å². The molecule has 0 saturated heterocycles. The van der Waals surface area contributed by atoms with Gasteiger partial charge in [0.2, 0.25) is 5.13 Å². The van der Waals surface area contributed by atoms with Gasteiger partial charge < -0.3 is 10.6 Å². The van der Waals surface area contributed by atoms with Crippen LogP contribution < -0.4 is 10.6 Å². The van der Waals surface area contributed by atoms with E-state index in [-0.39, 0.29) is 6.04 Å². The monoisotopic (exact) mass is 314 g/mol. The second kappa shape index (κ2) is 6.09. The molecule has 0 saturated carbocycles. The Morgan fingerprint density at radius 2 is 2.11 bits per heavy atom. The zero-order valence-electron chi connectivity index (χ0n) is 10.9. The molecular formula is C12H15ClN4S2. The minimum atomic E-state index is -0.0616. The van der Waals surface area contributed by atoms with Crippen LogP contribution in [0.2, 0.25) is 5.02 Å². The maximum atomic E-state index is 6.21. The first kappa shape index (κ1) is 14.6. The minimum absolute atomic E-state index is 0.0616. The van der Waals surface area contributed by atoms with Gasteiger partial charge in [0.05, 0.1) is 0 Å². The van der Waals surface area contributed by atoms with Gasteiger partial charge in [0, 0.05) is 30.1 Å². The van der Waals surface area contributed by atoms with E-state index in [2.05, 4.69) is 10.2 Å². The van der Waals surface area contributed by atoms with Crippen molar-refractivity contribution >= 4 is 39.8 Å². The van der Waals surface area contributed by atoms with E-state index in [1.54, 1.807) is 23.1 Å². The van der Waals surface area contributed by atoms with Crippen molar-refractivity contribution in [2.45, 2.75) is 22.2 Å². The first-order chi connectivity index (χ1) is 8.97. The molecule has 0 aliphatic heterocycles. The predicted molar refractivity (Wildman–Crippen MR) is 82.4 cm³/mol. The van der Waals surface area contributed by atoms with E-state index in [9.17, 15) is 0 Å². The van der Waals surface area contributed by atoms with Crippen LogP contribution in [-0.4, -0.2) is 24.3 Å². The lowest BCUT2D eigenvalue weighted by atomic mass is 10.1. The highest BCUT2D eigenvalue weighted by atomic mass is 35.5. The minimum Gasteiger partial charge on any atom is -0.353 e. The van der Waals surface area contributed by atoms with Gasteiger partial charge in [0.1, 0.15) is 0 Å². The number of nitrogens with zero attached hydrogens (tertiary/aromatic N) is 3. The molecule has 1 heterocycles. The lowest BCUT2D eigenvalue weighted by Gasteiger charge is -2.09. The lowest BCUT2D eigenvalue weighted by molar-refractivity contribution is 0.817. The predicted octanol–water partition coefficient (Wildman–Crippen LogP) is 3.43. The van der Waals surface area contributed by atoms with Gasteiger partial charge in [0.25, 0.3) is 0 Å². The van der Waals surface area contributed by atoms with E-state index in [1.807, 2.05) is 44.1 Å². The third-order valence-corrected chi connectivity index (χ3v) is 4.90. The standard InChI is InChI=1S/C12H15ClN4S2/c1-7(14)9-5-4-8(6-10(9)13)18-12-16-15-11(19-12)17(2)3/h4-7H,14H2,1-3H3. The van der Waals surface area contributed by atoms with Crippen molar-refractivity contribution in [1.82, 2.24) is 10.2 Å². The van der Waals surface area contributed by atoms with E-state index in [1.165, 1.54) is 0 Å². The molecule has 7 heteroatoms. The number of benzene rings is 1. The number of rotatable bonds is 4. The molecule has 0 radical (unpaired) electrons. The van der Waals surface area contributed by atoms with Gasteiger partial charge in [-0.05, 0) is 24.6 Å². The Balaban J connectivity index is 2.16. The fourth-order valence-corrected chi connectivity index (χ4v) is 3.66. The Labute approximate surface area is 126 Å². The smallest absolute Gasteiger partial charge is 0.208 e. The van der Waals surface area contributed by atoms with Crippen molar-refractivity contribution in [2.75, 3.05) is 19.0 Å². The van der Waals surface area contributed by atoms with E-state index >= 15 is 0 Å². The van der Waals surface area contributed by atoms with E-state index in [0.717, 1.165) is 19.9 Å². The molecule has 0 aliphatic rings. The van der Waals surface area contributed by atoms with Crippen LogP contribution in [-0.2, 0) is 0 Å². The van der Waals surface area contributed by atoms with Gasteiger partial charge >= 0.3 is 0 Å². The second-order valence-corrected chi connectivity index (χ2v) is 7.00. The van der Waals surface area contributed by atoms with Crippen LogP contribution in [0.25, 0.3) is 0 Å².